The van der Waals surface area contributed by atoms with Gasteiger partial charge in [0.1, 0.15) is 6.26 Å². The highest BCUT2D eigenvalue weighted by Gasteiger charge is 2.29. The lowest BCUT2D eigenvalue weighted by atomic mass is 10.2. The number of oxazole rings is 1. The van der Waals surface area contributed by atoms with Gasteiger partial charge < -0.3 is 4.42 Å². The summed E-state index contributed by atoms with van der Waals surface area (Å²) in [5.41, 5.74) is 0.858. The minimum absolute atomic E-state index is 0.170. The van der Waals surface area contributed by atoms with E-state index in [0.717, 1.165) is 0 Å². The Hall–Kier alpha value is -2.30. The summed E-state index contributed by atoms with van der Waals surface area (Å²) in [6.07, 6.45) is 3.00. The van der Waals surface area contributed by atoms with Crippen molar-refractivity contribution in [3.63, 3.8) is 0 Å². The second-order valence-electron chi connectivity index (χ2n) is 4.35. The number of benzene rings is 1. The molecule has 2 heterocycles. The molecule has 1 aromatic carbocycles. The van der Waals surface area contributed by atoms with Crippen LogP contribution in [0.25, 0.3) is 11.5 Å². The first-order valence-corrected chi connectivity index (χ1v) is 7.68. The predicted molar refractivity (Wildman–Crippen MR) is 83.5 cm³/mol. The third-order valence-electron chi connectivity index (χ3n) is 2.96. The topological polar surface area (TPSA) is 82.5 Å². The average molecular weight is 333 g/mol. The molecule has 1 aliphatic rings. The van der Waals surface area contributed by atoms with E-state index in [-0.39, 0.29) is 11.6 Å². The number of hydrogen-bond acceptors (Lipinski definition) is 6. The van der Waals surface area contributed by atoms with Gasteiger partial charge in [-0.05, 0) is 18.2 Å². The minimum Gasteiger partial charge on any atom is -0.444 e. The zero-order valence-electron chi connectivity index (χ0n) is 11.2. The van der Waals surface area contributed by atoms with Gasteiger partial charge in [-0.3, -0.25) is 9.69 Å². The summed E-state index contributed by atoms with van der Waals surface area (Å²) in [4.78, 5) is 21.7. The highest BCUT2D eigenvalue weighted by molar-refractivity contribution is 8.14. The van der Waals surface area contributed by atoms with E-state index >= 15 is 0 Å². The summed E-state index contributed by atoms with van der Waals surface area (Å²) in [7, 11) is 0. The van der Waals surface area contributed by atoms with E-state index < -0.39 is 0 Å². The van der Waals surface area contributed by atoms with Crippen molar-refractivity contribution in [2.24, 2.45) is 4.99 Å². The summed E-state index contributed by atoms with van der Waals surface area (Å²) >= 11 is 7.29. The molecule has 1 amide bonds. The minimum atomic E-state index is -0.337. The number of aromatic nitrogens is 1. The van der Waals surface area contributed by atoms with Crippen molar-refractivity contribution < 1.29 is 9.21 Å². The van der Waals surface area contributed by atoms with Crippen LogP contribution in [0, 0.1) is 11.5 Å². The van der Waals surface area contributed by atoms with Crippen LogP contribution in [-0.2, 0) is 0 Å². The van der Waals surface area contributed by atoms with Crippen LogP contribution in [0.4, 0.5) is 0 Å². The Balaban J connectivity index is 1.86. The van der Waals surface area contributed by atoms with Gasteiger partial charge in [-0.25, -0.2) is 4.98 Å². The fourth-order valence-corrected chi connectivity index (χ4v) is 3.07. The molecule has 0 radical (unpaired) electrons. The molecule has 0 N–H and O–H groups in total. The third-order valence-corrected chi connectivity index (χ3v) is 4.15. The van der Waals surface area contributed by atoms with Crippen molar-refractivity contribution in [1.29, 1.82) is 5.26 Å². The van der Waals surface area contributed by atoms with Crippen molar-refractivity contribution in [3.05, 3.63) is 41.2 Å². The first kappa shape index (κ1) is 14.6. The zero-order valence-corrected chi connectivity index (χ0v) is 12.8. The summed E-state index contributed by atoms with van der Waals surface area (Å²) in [6.45, 7) is 0.489. The smallest absolute Gasteiger partial charge is 0.281 e. The number of rotatable bonds is 2. The van der Waals surface area contributed by atoms with E-state index in [2.05, 4.69) is 9.98 Å². The molecule has 0 atom stereocenters. The van der Waals surface area contributed by atoms with Crippen LogP contribution >= 0.6 is 23.4 Å². The number of aliphatic imine (C=N–C) groups is 1. The maximum absolute atomic E-state index is 12.4. The quantitative estimate of drug-likeness (QED) is 0.789. The molecule has 0 aliphatic carbocycles. The Bertz CT molecular complexity index is 796. The molecular formula is C14H9ClN4O2S. The molecule has 1 saturated heterocycles. The lowest BCUT2D eigenvalue weighted by molar-refractivity contribution is 0.0854. The van der Waals surface area contributed by atoms with Gasteiger partial charge in [0.05, 0.1) is 0 Å². The third kappa shape index (κ3) is 2.84. The second-order valence-corrected chi connectivity index (χ2v) is 5.85. The molecule has 0 spiro atoms. The summed E-state index contributed by atoms with van der Waals surface area (Å²) in [6, 6.07) is 7.01. The Morgan fingerprint density at radius 1 is 1.55 bits per heavy atom. The van der Waals surface area contributed by atoms with Crippen LogP contribution in [0.1, 0.15) is 10.5 Å². The normalized spacial score (nSPS) is 16.0. The maximum Gasteiger partial charge on any atom is 0.281 e. The Labute approximate surface area is 135 Å². The summed E-state index contributed by atoms with van der Waals surface area (Å²) in [5, 5.41) is 9.59. The van der Waals surface area contributed by atoms with Crippen molar-refractivity contribution in [1.82, 2.24) is 9.88 Å². The Morgan fingerprint density at radius 3 is 3.18 bits per heavy atom. The number of amides is 1. The molecule has 22 heavy (non-hydrogen) atoms. The van der Waals surface area contributed by atoms with Gasteiger partial charge in [0.2, 0.25) is 12.1 Å². The van der Waals surface area contributed by atoms with Gasteiger partial charge >= 0.3 is 0 Å². The molecule has 1 aliphatic heterocycles. The van der Waals surface area contributed by atoms with Crippen molar-refractivity contribution in [3.8, 4) is 17.6 Å². The van der Waals surface area contributed by atoms with Crippen LogP contribution in [-0.4, -0.2) is 33.3 Å². The standard InChI is InChI=1S/C14H9ClN4O2S/c15-10-3-1-2-9(6-10)12-18-11(7-21-12)13(20)19-4-5-22-14(19)17-8-16/h1-3,6-7H,4-5H2. The van der Waals surface area contributed by atoms with Crippen LogP contribution in [0.15, 0.2) is 39.9 Å². The average Bonchev–Trinajstić information content (AvgIpc) is 3.16. The first-order valence-electron chi connectivity index (χ1n) is 6.32. The van der Waals surface area contributed by atoms with E-state index in [1.807, 2.05) is 0 Å². The van der Waals surface area contributed by atoms with E-state index in [1.165, 1.54) is 22.9 Å². The number of amidine groups is 1. The van der Waals surface area contributed by atoms with Crippen molar-refractivity contribution in [2.75, 3.05) is 12.3 Å². The lowest BCUT2D eigenvalue weighted by Crippen LogP contribution is -2.31. The number of carbonyl (C=O) groups is 1. The van der Waals surface area contributed by atoms with E-state index in [1.54, 1.807) is 30.5 Å². The molecule has 6 nitrogen and oxygen atoms in total. The number of nitriles is 1. The van der Waals surface area contributed by atoms with E-state index in [9.17, 15) is 4.79 Å². The number of hydrogen-bond donors (Lipinski definition) is 0. The molecule has 2 aromatic rings. The van der Waals surface area contributed by atoms with Gasteiger partial charge in [0.15, 0.2) is 10.9 Å². The molecule has 0 unspecified atom stereocenters. The highest BCUT2D eigenvalue weighted by Crippen LogP contribution is 2.24. The summed E-state index contributed by atoms with van der Waals surface area (Å²) in [5.74, 6) is 0.679. The van der Waals surface area contributed by atoms with E-state index in [0.29, 0.717) is 33.9 Å². The predicted octanol–water partition coefficient (Wildman–Crippen LogP) is 3.02. The molecule has 0 bridgehead atoms. The van der Waals surface area contributed by atoms with Gasteiger partial charge in [-0.15, -0.1) is 4.99 Å². The molecule has 1 fully saturated rings. The first-order chi connectivity index (χ1) is 10.7. The van der Waals surface area contributed by atoms with Gasteiger partial charge in [0.25, 0.3) is 5.91 Å². The fourth-order valence-electron chi connectivity index (χ4n) is 1.99. The van der Waals surface area contributed by atoms with Crippen LogP contribution in [0.2, 0.25) is 5.02 Å². The van der Waals surface area contributed by atoms with Crippen LogP contribution < -0.4 is 0 Å². The molecular weight excluding hydrogens is 324 g/mol. The molecule has 0 saturated carbocycles. The lowest BCUT2D eigenvalue weighted by Gasteiger charge is -2.12. The van der Waals surface area contributed by atoms with Crippen molar-refractivity contribution in [2.45, 2.75) is 0 Å². The monoisotopic (exact) mass is 332 g/mol. The van der Waals surface area contributed by atoms with Crippen LogP contribution in [0.3, 0.4) is 0 Å². The molecule has 110 valence electrons. The maximum atomic E-state index is 12.4. The van der Waals surface area contributed by atoms with Gasteiger partial charge in [0, 0.05) is 22.9 Å². The Morgan fingerprint density at radius 2 is 2.41 bits per heavy atom. The fraction of sp³-hybridized carbons (Fsp3) is 0.143. The van der Waals surface area contributed by atoms with Crippen molar-refractivity contribution >= 4 is 34.4 Å². The SMILES string of the molecule is N#CN=C1SCCN1C(=O)c1coc(-c2cccc(Cl)c2)n1. The van der Waals surface area contributed by atoms with Crippen LogP contribution in [0.5, 0.6) is 0 Å². The highest BCUT2D eigenvalue weighted by atomic mass is 35.5. The number of carbonyl (C=O) groups excluding carboxylic acids is 1. The number of halogens is 1. The molecule has 1 aromatic heterocycles. The summed E-state index contributed by atoms with van der Waals surface area (Å²) < 4.78 is 5.35. The number of thioether (sulfide) groups is 1. The molecule has 8 heteroatoms. The Kier molecular flexibility index (Phi) is 4.13. The second kappa shape index (κ2) is 6.22. The van der Waals surface area contributed by atoms with Gasteiger partial charge in [-0.2, -0.15) is 5.26 Å². The zero-order chi connectivity index (χ0) is 15.5. The largest absolute Gasteiger partial charge is 0.444 e. The number of nitrogens with zero attached hydrogens (tertiary/aromatic N) is 4. The molecule has 3 rings (SSSR count). The van der Waals surface area contributed by atoms with E-state index in [4.69, 9.17) is 21.3 Å². The van der Waals surface area contributed by atoms with Gasteiger partial charge in [-0.1, -0.05) is 29.4 Å².